The minimum atomic E-state index is -1.46. The molecule has 2 aliphatic heterocycles. The number of piperidine rings is 1. The lowest BCUT2D eigenvalue weighted by Gasteiger charge is -2.34. The van der Waals surface area contributed by atoms with Crippen molar-refractivity contribution >= 4 is 17.4 Å². The van der Waals surface area contributed by atoms with Crippen LogP contribution in [0.25, 0.3) is 17.2 Å². The molecule has 0 aliphatic carbocycles. The molecule has 12 heteroatoms. The van der Waals surface area contributed by atoms with Crippen molar-refractivity contribution in [3.05, 3.63) is 41.9 Å². The van der Waals surface area contributed by atoms with Gasteiger partial charge in [0.15, 0.2) is 23.6 Å². The van der Waals surface area contributed by atoms with Crippen LogP contribution in [0, 0.1) is 17.6 Å². The summed E-state index contributed by atoms with van der Waals surface area (Å²) in [4.78, 5) is 29.1. The Morgan fingerprint density at radius 2 is 2.00 bits per heavy atom. The number of rotatable bonds is 6. The number of nitrogens with zero attached hydrogens (tertiary/aromatic N) is 6. The molecule has 5 heterocycles. The third kappa shape index (κ3) is 4.88. The van der Waals surface area contributed by atoms with E-state index in [2.05, 4.69) is 15.0 Å². The van der Waals surface area contributed by atoms with Crippen LogP contribution in [-0.4, -0.2) is 92.5 Å². The standard InChI is InChI=1S/C24H28F2N6O4/c25-16-3-4-20-27-11-18(32(20)13-16)22-28-17(21(26)23(29-22)30-6-8-36-9-7-30)10-15-2-1-5-31(12-15)24(35)19(34)14-33/h3-4,11,13,15,19,33-34H,1-2,5-10,12,14H2/t15-,19+/m0/s1. The summed E-state index contributed by atoms with van der Waals surface area (Å²) in [6.07, 6.45) is 3.06. The van der Waals surface area contributed by atoms with Gasteiger partial charge in [0.2, 0.25) is 0 Å². The van der Waals surface area contributed by atoms with E-state index < -0.39 is 30.3 Å². The van der Waals surface area contributed by atoms with E-state index in [9.17, 15) is 14.3 Å². The second-order valence-corrected chi connectivity index (χ2v) is 9.14. The number of carbonyl (C=O) groups is 1. The van der Waals surface area contributed by atoms with E-state index in [4.69, 9.17) is 9.84 Å². The van der Waals surface area contributed by atoms with Crippen molar-refractivity contribution in [3.63, 3.8) is 0 Å². The number of pyridine rings is 1. The molecule has 36 heavy (non-hydrogen) atoms. The minimum Gasteiger partial charge on any atom is -0.393 e. The Bertz CT molecular complexity index is 1250. The Kier molecular flexibility index (Phi) is 7.08. The molecule has 1 amide bonds. The highest BCUT2D eigenvalue weighted by Gasteiger charge is 2.30. The van der Waals surface area contributed by atoms with Gasteiger partial charge in [-0.15, -0.1) is 0 Å². The van der Waals surface area contributed by atoms with Crippen molar-refractivity contribution in [1.82, 2.24) is 24.3 Å². The largest absolute Gasteiger partial charge is 0.393 e. The molecule has 5 rings (SSSR count). The van der Waals surface area contributed by atoms with Crippen molar-refractivity contribution in [2.75, 3.05) is 50.9 Å². The molecule has 0 unspecified atom stereocenters. The number of aliphatic hydroxyl groups excluding tert-OH is 2. The number of hydrogen-bond donors (Lipinski definition) is 2. The van der Waals surface area contributed by atoms with Crippen LogP contribution in [0.1, 0.15) is 18.5 Å². The molecule has 0 spiro atoms. The minimum absolute atomic E-state index is 0.0944. The lowest BCUT2D eigenvalue weighted by Crippen LogP contribution is -2.46. The fourth-order valence-electron chi connectivity index (χ4n) is 4.83. The van der Waals surface area contributed by atoms with Crippen LogP contribution in [0.3, 0.4) is 0 Å². The van der Waals surface area contributed by atoms with E-state index in [1.165, 1.54) is 27.8 Å². The number of ether oxygens (including phenoxy) is 1. The maximum absolute atomic E-state index is 15.8. The van der Waals surface area contributed by atoms with Gasteiger partial charge in [-0.2, -0.15) is 0 Å². The smallest absolute Gasteiger partial charge is 0.253 e. The van der Waals surface area contributed by atoms with Gasteiger partial charge in [-0.25, -0.2) is 23.7 Å². The highest BCUT2D eigenvalue weighted by atomic mass is 19.1. The van der Waals surface area contributed by atoms with Crippen LogP contribution in [0.15, 0.2) is 24.5 Å². The molecule has 2 atom stereocenters. The van der Waals surface area contributed by atoms with Crippen molar-refractivity contribution in [1.29, 1.82) is 0 Å². The van der Waals surface area contributed by atoms with Gasteiger partial charge in [0.25, 0.3) is 5.91 Å². The van der Waals surface area contributed by atoms with Gasteiger partial charge in [-0.3, -0.25) is 9.20 Å². The molecule has 2 aliphatic rings. The fourth-order valence-corrected chi connectivity index (χ4v) is 4.83. The average molecular weight is 503 g/mol. The number of imidazole rings is 1. The molecule has 192 valence electrons. The molecular formula is C24H28F2N6O4. The molecule has 3 aromatic rings. The van der Waals surface area contributed by atoms with E-state index in [0.29, 0.717) is 57.2 Å². The van der Waals surface area contributed by atoms with Crippen LogP contribution < -0.4 is 4.90 Å². The highest BCUT2D eigenvalue weighted by molar-refractivity contribution is 5.80. The third-order valence-electron chi connectivity index (χ3n) is 6.68. The predicted octanol–water partition coefficient (Wildman–Crippen LogP) is 1.04. The number of hydrogen-bond acceptors (Lipinski definition) is 8. The maximum atomic E-state index is 15.8. The van der Waals surface area contributed by atoms with Crippen molar-refractivity contribution in [3.8, 4) is 11.5 Å². The number of halogens is 2. The third-order valence-corrected chi connectivity index (χ3v) is 6.68. The second-order valence-electron chi connectivity index (χ2n) is 9.14. The van der Waals surface area contributed by atoms with Gasteiger partial charge in [0, 0.05) is 32.4 Å². The van der Waals surface area contributed by atoms with Crippen molar-refractivity contribution in [2.45, 2.75) is 25.4 Å². The summed E-state index contributed by atoms with van der Waals surface area (Å²) in [5, 5.41) is 18.9. The quantitative estimate of drug-likeness (QED) is 0.514. The number of anilines is 1. The second kappa shape index (κ2) is 10.4. The zero-order valence-corrected chi connectivity index (χ0v) is 19.7. The van der Waals surface area contributed by atoms with Gasteiger partial charge in [-0.1, -0.05) is 0 Å². The summed E-state index contributed by atoms with van der Waals surface area (Å²) in [5.74, 6) is -1.22. The Hall–Kier alpha value is -3.22. The molecule has 10 nitrogen and oxygen atoms in total. The number of morpholine rings is 1. The number of carbonyl (C=O) groups excluding carboxylic acids is 1. The summed E-state index contributed by atoms with van der Waals surface area (Å²) in [5.41, 5.74) is 1.15. The zero-order chi connectivity index (χ0) is 25.2. The molecule has 2 saturated heterocycles. The molecule has 3 aromatic heterocycles. The molecule has 0 aromatic carbocycles. The summed E-state index contributed by atoms with van der Waals surface area (Å²) < 4.78 is 36.7. The first kappa shape index (κ1) is 24.5. The Morgan fingerprint density at radius 1 is 1.19 bits per heavy atom. The number of fused-ring (bicyclic) bond motifs is 1. The molecule has 0 saturated carbocycles. The Morgan fingerprint density at radius 3 is 2.78 bits per heavy atom. The summed E-state index contributed by atoms with van der Waals surface area (Å²) in [6, 6.07) is 2.85. The normalized spacial score (nSPS) is 19.6. The molecule has 2 fully saturated rings. The predicted molar refractivity (Wildman–Crippen MR) is 125 cm³/mol. The van der Waals surface area contributed by atoms with Crippen LogP contribution in [-0.2, 0) is 16.0 Å². The average Bonchev–Trinajstić information content (AvgIpc) is 3.32. The van der Waals surface area contributed by atoms with E-state index in [1.54, 1.807) is 6.07 Å². The fraction of sp³-hybridized carbons (Fsp3) is 0.500. The number of aliphatic hydroxyl groups is 2. The SMILES string of the molecule is O=C([C@H](O)CO)N1CCC[C@@H](Cc2nc(-c3cnc4ccc(F)cn34)nc(N3CCOCC3)c2F)C1. The lowest BCUT2D eigenvalue weighted by molar-refractivity contribution is -0.144. The summed E-state index contributed by atoms with van der Waals surface area (Å²) >= 11 is 0. The lowest BCUT2D eigenvalue weighted by atomic mass is 9.92. The van der Waals surface area contributed by atoms with Crippen molar-refractivity contribution in [2.24, 2.45) is 5.92 Å². The zero-order valence-electron chi connectivity index (χ0n) is 19.7. The van der Waals surface area contributed by atoms with Gasteiger partial charge in [-0.05, 0) is 37.3 Å². The van der Waals surface area contributed by atoms with E-state index in [1.807, 2.05) is 4.90 Å². The number of amides is 1. The van der Waals surface area contributed by atoms with Crippen LogP contribution in [0.2, 0.25) is 0 Å². The first-order chi connectivity index (χ1) is 17.4. The van der Waals surface area contributed by atoms with Crippen LogP contribution in [0.5, 0.6) is 0 Å². The van der Waals surface area contributed by atoms with Gasteiger partial charge >= 0.3 is 0 Å². The van der Waals surface area contributed by atoms with Gasteiger partial charge < -0.3 is 24.7 Å². The summed E-state index contributed by atoms with van der Waals surface area (Å²) in [7, 11) is 0. The molecule has 2 N–H and O–H groups in total. The van der Waals surface area contributed by atoms with E-state index in [0.717, 1.165) is 6.42 Å². The number of likely N-dealkylation sites (tertiary alicyclic amines) is 1. The van der Waals surface area contributed by atoms with E-state index in [-0.39, 0.29) is 29.7 Å². The van der Waals surface area contributed by atoms with Crippen molar-refractivity contribution < 1.29 is 28.5 Å². The van der Waals surface area contributed by atoms with Gasteiger partial charge in [0.1, 0.15) is 17.2 Å². The Labute approximate surface area is 206 Å². The maximum Gasteiger partial charge on any atom is 0.253 e. The van der Waals surface area contributed by atoms with Crippen LogP contribution >= 0.6 is 0 Å². The highest BCUT2D eigenvalue weighted by Crippen LogP contribution is 2.29. The van der Waals surface area contributed by atoms with Gasteiger partial charge in [0.05, 0.1) is 31.7 Å². The molecule has 0 radical (unpaired) electrons. The monoisotopic (exact) mass is 502 g/mol. The number of aromatic nitrogens is 4. The molecular weight excluding hydrogens is 474 g/mol. The summed E-state index contributed by atoms with van der Waals surface area (Å²) in [6.45, 7) is 1.98. The first-order valence-corrected chi connectivity index (χ1v) is 12.0. The van der Waals surface area contributed by atoms with E-state index >= 15 is 4.39 Å². The first-order valence-electron chi connectivity index (χ1n) is 12.0. The Balaban J connectivity index is 1.50. The topological polar surface area (TPSA) is 116 Å². The molecule has 0 bridgehead atoms. The van der Waals surface area contributed by atoms with Crippen LogP contribution in [0.4, 0.5) is 14.6 Å².